The number of likely N-dealkylation sites (tertiary alicyclic amines) is 1. The lowest BCUT2D eigenvalue weighted by Crippen LogP contribution is -2.31. The number of Topliss-reactive ketones (excluding diaryl/α,β-unsaturated/α-hetero) is 1. The summed E-state index contributed by atoms with van der Waals surface area (Å²) in [6, 6.07) is 17.5. The average molecular weight is 473 g/mol. The number of benzene rings is 2. The zero-order chi connectivity index (χ0) is 24.8. The normalized spacial score (nSPS) is 17.0. The Bertz CT molecular complexity index is 1220. The Morgan fingerprint density at radius 2 is 1.63 bits per heavy atom. The van der Waals surface area contributed by atoms with E-state index < -0.39 is 17.7 Å². The molecule has 2 aromatic carbocycles. The Morgan fingerprint density at radius 1 is 0.943 bits per heavy atom. The van der Waals surface area contributed by atoms with E-state index in [1.165, 1.54) is 17.3 Å². The molecule has 1 aliphatic rings. The summed E-state index contributed by atoms with van der Waals surface area (Å²) in [7, 11) is 0. The molecule has 1 N–H and O–H groups in total. The molecule has 3 aromatic rings. The molecule has 0 radical (unpaired) electrons. The molecule has 1 atom stereocenters. The number of carbonyl (C=O) groups is 2. The predicted molar refractivity (Wildman–Crippen MR) is 132 cm³/mol. The van der Waals surface area contributed by atoms with E-state index >= 15 is 0 Å². The fraction of sp³-hybridized carbons (Fsp3) is 0.250. The van der Waals surface area contributed by atoms with Gasteiger partial charge in [0.2, 0.25) is 0 Å². The number of aliphatic hydroxyl groups excluding tert-OH is 1. The van der Waals surface area contributed by atoms with Crippen molar-refractivity contribution in [3.8, 4) is 11.5 Å². The number of carbonyl (C=O) groups excluding carboxylic acids is 2. The van der Waals surface area contributed by atoms with E-state index in [9.17, 15) is 14.7 Å². The Balaban J connectivity index is 1.81. The number of amides is 1. The van der Waals surface area contributed by atoms with Crippen molar-refractivity contribution in [2.24, 2.45) is 0 Å². The van der Waals surface area contributed by atoms with Gasteiger partial charge in [-0.25, -0.2) is 0 Å². The van der Waals surface area contributed by atoms with Crippen LogP contribution in [0.25, 0.3) is 5.76 Å². The molecule has 0 spiro atoms. The van der Waals surface area contributed by atoms with Gasteiger partial charge in [0, 0.05) is 24.5 Å². The number of hydrogen-bond donors (Lipinski definition) is 1. The molecule has 1 aliphatic heterocycles. The smallest absolute Gasteiger partial charge is 0.295 e. The van der Waals surface area contributed by atoms with Crippen LogP contribution in [-0.4, -0.2) is 46.4 Å². The van der Waals surface area contributed by atoms with Crippen molar-refractivity contribution in [2.45, 2.75) is 26.3 Å². The number of hydrogen-bond acceptors (Lipinski definition) is 6. The molecule has 7 heteroatoms. The molecular formula is C28H28N2O5. The van der Waals surface area contributed by atoms with Crippen molar-refractivity contribution >= 4 is 17.4 Å². The van der Waals surface area contributed by atoms with Gasteiger partial charge < -0.3 is 19.5 Å². The van der Waals surface area contributed by atoms with Crippen LogP contribution in [0.4, 0.5) is 0 Å². The van der Waals surface area contributed by atoms with Gasteiger partial charge in [0.1, 0.15) is 5.76 Å². The number of nitrogens with zero attached hydrogens (tertiary/aromatic N) is 2. The third-order valence-electron chi connectivity index (χ3n) is 5.86. The number of aromatic nitrogens is 1. The Labute approximate surface area is 204 Å². The lowest BCUT2D eigenvalue weighted by atomic mass is 9.95. The van der Waals surface area contributed by atoms with Crippen LogP contribution in [0.2, 0.25) is 0 Å². The maximum absolute atomic E-state index is 13.2. The van der Waals surface area contributed by atoms with E-state index in [1.54, 1.807) is 30.3 Å². The minimum Gasteiger partial charge on any atom is -0.507 e. The third kappa shape index (κ3) is 5.04. The van der Waals surface area contributed by atoms with E-state index in [-0.39, 0.29) is 11.3 Å². The SMILES string of the molecule is CCOc1ccc(C2C(=C(O)c3ccncc3)C(=O)C(=O)N2CCc2ccccc2)cc1OCC. The summed E-state index contributed by atoms with van der Waals surface area (Å²) in [4.78, 5) is 31.9. The van der Waals surface area contributed by atoms with Crippen molar-refractivity contribution in [3.05, 3.63) is 95.3 Å². The largest absolute Gasteiger partial charge is 0.507 e. The van der Waals surface area contributed by atoms with E-state index in [1.807, 2.05) is 44.2 Å². The van der Waals surface area contributed by atoms with Crippen LogP contribution in [0.5, 0.6) is 11.5 Å². The molecule has 4 rings (SSSR count). The highest BCUT2D eigenvalue weighted by atomic mass is 16.5. The van der Waals surface area contributed by atoms with Gasteiger partial charge in [0.05, 0.1) is 24.8 Å². The van der Waals surface area contributed by atoms with Crippen LogP contribution in [0.1, 0.15) is 36.6 Å². The molecule has 7 nitrogen and oxygen atoms in total. The summed E-state index contributed by atoms with van der Waals surface area (Å²) in [6.07, 6.45) is 3.62. The van der Waals surface area contributed by atoms with Crippen molar-refractivity contribution in [3.63, 3.8) is 0 Å². The standard InChI is InChI=1S/C28H28N2O5/c1-3-34-22-11-10-21(18-23(22)35-4-2)25-24(26(31)20-12-15-29-16-13-20)27(32)28(33)30(25)17-14-19-8-6-5-7-9-19/h5-13,15-16,18,25,31H,3-4,14,17H2,1-2H3. The van der Waals surface area contributed by atoms with Gasteiger partial charge >= 0.3 is 0 Å². The van der Waals surface area contributed by atoms with Gasteiger partial charge in [-0.2, -0.15) is 0 Å². The van der Waals surface area contributed by atoms with Crippen LogP contribution in [-0.2, 0) is 16.0 Å². The molecule has 2 heterocycles. The third-order valence-corrected chi connectivity index (χ3v) is 5.86. The molecule has 0 aliphatic carbocycles. The summed E-state index contributed by atoms with van der Waals surface area (Å²) < 4.78 is 11.5. The molecule has 0 saturated carbocycles. The summed E-state index contributed by atoms with van der Waals surface area (Å²) >= 11 is 0. The zero-order valence-corrected chi connectivity index (χ0v) is 19.8. The van der Waals surface area contributed by atoms with E-state index in [4.69, 9.17) is 9.47 Å². The summed E-state index contributed by atoms with van der Waals surface area (Å²) in [5, 5.41) is 11.2. The van der Waals surface area contributed by atoms with Gasteiger partial charge in [-0.3, -0.25) is 14.6 Å². The Hall–Kier alpha value is -4.13. The fourth-order valence-electron chi connectivity index (χ4n) is 4.25. The molecule has 1 saturated heterocycles. The first kappa shape index (κ1) is 24.0. The van der Waals surface area contributed by atoms with Crippen molar-refractivity contribution in [2.75, 3.05) is 19.8 Å². The fourth-order valence-corrected chi connectivity index (χ4v) is 4.25. The van der Waals surface area contributed by atoms with Crippen LogP contribution in [0.3, 0.4) is 0 Å². The molecule has 1 amide bonds. The topological polar surface area (TPSA) is 89.0 Å². The summed E-state index contributed by atoms with van der Waals surface area (Å²) in [6.45, 7) is 4.96. The lowest BCUT2D eigenvalue weighted by molar-refractivity contribution is -0.139. The van der Waals surface area contributed by atoms with Gasteiger partial charge in [-0.15, -0.1) is 0 Å². The second kappa shape index (κ2) is 10.9. The Morgan fingerprint density at radius 3 is 2.31 bits per heavy atom. The van der Waals surface area contributed by atoms with Crippen molar-refractivity contribution < 1.29 is 24.2 Å². The molecule has 180 valence electrons. The van der Waals surface area contributed by atoms with Crippen molar-refractivity contribution in [1.82, 2.24) is 9.88 Å². The first-order valence-electron chi connectivity index (χ1n) is 11.7. The maximum atomic E-state index is 13.2. The van der Waals surface area contributed by atoms with Gasteiger partial charge in [-0.1, -0.05) is 36.4 Å². The average Bonchev–Trinajstić information content (AvgIpc) is 3.14. The van der Waals surface area contributed by atoms with Gasteiger partial charge in [-0.05, 0) is 55.7 Å². The minimum atomic E-state index is -0.776. The van der Waals surface area contributed by atoms with Crippen molar-refractivity contribution in [1.29, 1.82) is 0 Å². The second-order valence-electron chi connectivity index (χ2n) is 8.04. The highest BCUT2D eigenvalue weighted by molar-refractivity contribution is 6.46. The highest BCUT2D eigenvalue weighted by Crippen LogP contribution is 2.42. The highest BCUT2D eigenvalue weighted by Gasteiger charge is 2.46. The first-order chi connectivity index (χ1) is 17.0. The molecule has 0 bridgehead atoms. The monoisotopic (exact) mass is 472 g/mol. The van der Waals surface area contributed by atoms with Crippen LogP contribution < -0.4 is 9.47 Å². The van der Waals surface area contributed by atoms with E-state index in [2.05, 4.69) is 4.98 Å². The zero-order valence-electron chi connectivity index (χ0n) is 19.8. The summed E-state index contributed by atoms with van der Waals surface area (Å²) in [5.41, 5.74) is 2.16. The summed E-state index contributed by atoms with van der Waals surface area (Å²) in [5.74, 6) is -0.500. The predicted octanol–water partition coefficient (Wildman–Crippen LogP) is 4.54. The molecule has 1 aromatic heterocycles. The lowest BCUT2D eigenvalue weighted by Gasteiger charge is -2.26. The number of aliphatic hydroxyl groups is 1. The van der Waals surface area contributed by atoms with Crippen LogP contribution in [0, 0.1) is 0 Å². The first-order valence-corrected chi connectivity index (χ1v) is 11.7. The van der Waals surface area contributed by atoms with Crippen LogP contribution >= 0.6 is 0 Å². The molecular weight excluding hydrogens is 444 g/mol. The minimum absolute atomic E-state index is 0.0425. The Kier molecular flexibility index (Phi) is 7.45. The molecule has 35 heavy (non-hydrogen) atoms. The number of ether oxygens (including phenoxy) is 2. The van der Waals surface area contributed by atoms with Crippen LogP contribution in [0.15, 0.2) is 78.6 Å². The van der Waals surface area contributed by atoms with Gasteiger partial charge in [0.15, 0.2) is 11.5 Å². The second-order valence-corrected chi connectivity index (χ2v) is 8.04. The van der Waals surface area contributed by atoms with E-state index in [0.29, 0.717) is 48.8 Å². The molecule has 1 fully saturated rings. The quantitative estimate of drug-likeness (QED) is 0.279. The molecule has 1 unspecified atom stereocenters. The number of pyridine rings is 1. The number of rotatable bonds is 9. The maximum Gasteiger partial charge on any atom is 0.295 e. The number of ketones is 1. The van der Waals surface area contributed by atoms with Gasteiger partial charge in [0.25, 0.3) is 11.7 Å². The van der Waals surface area contributed by atoms with E-state index in [0.717, 1.165) is 5.56 Å².